The van der Waals surface area contributed by atoms with Gasteiger partial charge in [-0.3, -0.25) is 0 Å². The minimum absolute atomic E-state index is 0.173. The van der Waals surface area contributed by atoms with Crippen LogP contribution in [0.4, 0.5) is 10.6 Å². The molecule has 0 saturated carbocycles. The van der Waals surface area contributed by atoms with Gasteiger partial charge in [0.05, 0.1) is 11.4 Å². The van der Waals surface area contributed by atoms with Gasteiger partial charge in [-0.2, -0.15) is 0 Å². The van der Waals surface area contributed by atoms with E-state index in [1.54, 1.807) is 0 Å². The molecule has 0 unspecified atom stereocenters. The van der Waals surface area contributed by atoms with E-state index in [0.717, 1.165) is 62.1 Å². The highest BCUT2D eigenvalue weighted by Gasteiger charge is 2.33. The van der Waals surface area contributed by atoms with Crippen LogP contribution in [0.15, 0.2) is 0 Å². The molecule has 1 aromatic rings. The summed E-state index contributed by atoms with van der Waals surface area (Å²) < 4.78 is 5.51. The Balaban J connectivity index is 1.50. The van der Waals surface area contributed by atoms with Gasteiger partial charge in [-0.05, 0) is 72.1 Å². The van der Waals surface area contributed by atoms with E-state index in [0.29, 0.717) is 11.1 Å². The maximum Gasteiger partial charge on any atom is 0.410 e. The Morgan fingerprint density at radius 1 is 0.964 bits per heavy atom. The van der Waals surface area contributed by atoms with E-state index in [2.05, 4.69) is 14.9 Å². The standard InChI is InChI=1S/C21H33ClN4O2/c1-14-18(22)23-15(2)19(24-14)25-10-6-16(7-11-25)17-8-12-26(13-9-17)20(27)28-21(3,4)5/h16-17H,6-13H2,1-5H3. The first kappa shape index (κ1) is 21.2. The van der Waals surface area contributed by atoms with Gasteiger partial charge in [0.25, 0.3) is 0 Å². The van der Waals surface area contributed by atoms with Crippen molar-refractivity contribution < 1.29 is 9.53 Å². The van der Waals surface area contributed by atoms with E-state index in [4.69, 9.17) is 16.3 Å². The zero-order valence-electron chi connectivity index (χ0n) is 17.8. The molecule has 0 aromatic carbocycles. The Morgan fingerprint density at radius 2 is 1.50 bits per heavy atom. The van der Waals surface area contributed by atoms with Crippen molar-refractivity contribution in [1.82, 2.24) is 14.9 Å². The fraction of sp³-hybridized carbons (Fsp3) is 0.762. The van der Waals surface area contributed by atoms with Gasteiger partial charge in [0.2, 0.25) is 0 Å². The van der Waals surface area contributed by atoms with Gasteiger partial charge < -0.3 is 14.5 Å². The van der Waals surface area contributed by atoms with Gasteiger partial charge in [-0.1, -0.05) is 11.6 Å². The number of likely N-dealkylation sites (tertiary alicyclic amines) is 1. The summed E-state index contributed by atoms with van der Waals surface area (Å²) in [6, 6.07) is 0. The second kappa shape index (κ2) is 8.44. The van der Waals surface area contributed by atoms with Gasteiger partial charge in [0.1, 0.15) is 11.4 Å². The summed E-state index contributed by atoms with van der Waals surface area (Å²) >= 11 is 6.09. The van der Waals surface area contributed by atoms with Crippen LogP contribution < -0.4 is 4.90 Å². The van der Waals surface area contributed by atoms with Gasteiger partial charge in [0, 0.05) is 26.2 Å². The Labute approximate surface area is 173 Å². The molecule has 156 valence electrons. The number of hydrogen-bond acceptors (Lipinski definition) is 5. The SMILES string of the molecule is Cc1nc(N2CCC(C3CCN(C(=O)OC(C)(C)C)CC3)CC2)c(C)nc1Cl. The molecule has 6 nitrogen and oxygen atoms in total. The molecule has 0 aliphatic carbocycles. The van der Waals surface area contributed by atoms with Crippen molar-refractivity contribution in [3.8, 4) is 0 Å². The predicted octanol–water partition coefficient (Wildman–Crippen LogP) is 4.61. The minimum atomic E-state index is -0.429. The smallest absolute Gasteiger partial charge is 0.410 e. The molecule has 3 rings (SSSR count). The Morgan fingerprint density at radius 3 is 2.04 bits per heavy atom. The summed E-state index contributed by atoms with van der Waals surface area (Å²) in [7, 11) is 0. The summed E-state index contributed by atoms with van der Waals surface area (Å²) in [6.07, 6.45) is 4.30. The van der Waals surface area contributed by atoms with Crippen molar-refractivity contribution in [2.75, 3.05) is 31.1 Å². The normalized spacial score (nSPS) is 19.8. The fourth-order valence-electron chi connectivity index (χ4n) is 4.33. The number of rotatable bonds is 2. The molecule has 2 fully saturated rings. The summed E-state index contributed by atoms with van der Waals surface area (Å²) in [5, 5.41) is 0.493. The molecule has 1 amide bonds. The van der Waals surface area contributed by atoms with Gasteiger partial charge in [-0.15, -0.1) is 0 Å². The molecular weight excluding hydrogens is 376 g/mol. The average Bonchev–Trinajstić information content (AvgIpc) is 2.64. The van der Waals surface area contributed by atoms with Crippen LogP contribution in [0.1, 0.15) is 57.8 Å². The first-order valence-electron chi connectivity index (χ1n) is 10.4. The molecule has 0 bridgehead atoms. The first-order valence-corrected chi connectivity index (χ1v) is 10.8. The molecule has 2 saturated heterocycles. The van der Waals surface area contributed by atoms with Crippen molar-refractivity contribution >= 4 is 23.5 Å². The number of nitrogens with zero attached hydrogens (tertiary/aromatic N) is 4. The molecule has 2 aliphatic heterocycles. The molecular formula is C21H33ClN4O2. The predicted molar refractivity (Wildman–Crippen MR) is 112 cm³/mol. The number of carbonyl (C=O) groups is 1. The molecule has 0 N–H and O–H groups in total. The van der Waals surface area contributed by atoms with E-state index in [-0.39, 0.29) is 6.09 Å². The second-order valence-corrected chi connectivity index (χ2v) is 9.50. The van der Waals surface area contributed by atoms with E-state index >= 15 is 0 Å². The number of amides is 1. The van der Waals surface area contributed by atoms with Gasteiger partial charge in [-0.25, -0.2) is 14.8 Å². The van der Waals surface area contributed by atoms with Crippen LogP contribution in [0, 0.1) is 25.7 Å². The quantitative estimate of drug-likeness (QED) is 0.715. The number of aryl methyl sites for hydroxylation is 2. The third-order valence-electron chi connectivity index (χ3n) is 5.86. The highest BCUT2D eigenvalue weighted by atomic mass is 35.5. The van der Waals surface area contributed by atoms with Crippen molar-refractivity contribution in [3.05, 3.63) is 16.5 Å². The third-order valence-corrected chi connectivity index (χ3v) is 6.22. The third kappa shape index (κ3) is 5.07. The summed E-state index contributed by atoms with van der Waals surface area (Å²) in [5.74, 6) is 2.39. The van der Waals surface area contributed by atoms with Crippen LogP contribution in [0.3, 0.4) is 0 Å². The first-order chi connectivity index (χ1) is 13.1. The van der Waals surface area contributed by atoms with Crippen LogP contribution in [-0.4, -0.2) is 52.7 Å². The minimum Gasteiger partial charge on any atom is -0.444 e. The molecule has 0 spiro atoms. The molecule has 0 atom stereocenters. The average molecular weight is 409 g/mol. The Bertz CT molecular complexity index is 703. The summed E-state index contributed by atoms with van der Waals surface area (Å²) in [5.41, 5.74) is 1.26. The number of piperidine rings is 2. The van der Waals surface area contributed by atoms with Crippen LogP contribution in [0.2, 0.25) is 5.15 Å². The maximum atomic E-state index is 12.3. The van der Waals surface area contributed by atoms with E-state index in [1.807, 2.05) is 39.5 Å². The van der Waals surface area contributed by atoms with Crippen LogP contribution in [0.25, 0.3) is 0 Å². The molecule has 0 radical (unpaired) electrons. The summed E-state index contributed by atoms with van der Waals surface area (Å²) in [4.78, 5) is 25.6. The van der Waals surface area contributed by atoms with E-state index in [9.17, 15) is 4.79 Å². The monoisotopic (exact) mass is 408 g/mol. The van der Waals surface area contributed by atoms with Crippen molar-refractivity contribution in [2.24, 2.45) is 11.8 Å². The molecule has 1 aromatic heterocycles. The number of ether oxygens (including phenoxy) is 1. The Kier molecular flexibility index (Phi) is 6.37. The maximum absolute atomic E-state index is 12.3. The summed E-state index contributed by atoms with van der Waals surface area (Å²) in [6.45, 7) is 13.3. The van der Waals surface area contributed by atoms with Crippen molar-refractivity contribution in [2.45, 2.75) is 65.9 Å². The van der Waals surface area contributed by atoms with Crippen LogP contribution in [-0.2, 0) is 4.74 Å². The second-order valence-electron chi connectivity index (χ2n) is 9.14. The van der Waals surface area contributed by atoms with Crippen molar-refractivity contribution in [1.29, 1.82) is 0 Å². The lowest BCUT2D eigenvalue weighted by Crippen LogP contribution is -2.44. The van der Waals surface area contributed by atoms with Crippen LogP contribution in [0.5, 0.6) is 0 Å². The lowest BCUT2D eigenvalue weighted by molar-refractivity contribution is 0.0152. The van der Waals surface area contributed by atoms with Crippen molar-refractivity contribution in [3.63, 3.8) is 0 Å². The highest BCUT2D eigenvalue weighted by Crippen LogP contribution is 2.34. The number of hydrogen-bond donors (Lipinski definition) is 0. The van der Waals surface area contributed by atoms with E-state index in [1.165, 1.54) is 12.8 Å². The topological polar surface area (TPSA) is 58.6 Å². The molecule has 2 aliphatic rings. The van der Waals surface area contributed by atoms with Crippen LogP contribution >= 0.6 is 11.6 Å². The van der Waals surface area contributed by atoms with E-state index < -0.39 is 5.60 Å². The zero-order chi connectivity index (χ0) is 20.5. The number of aromatic nitrogens is 2. The fourth-order valence-corrected chi connectivity index (χ4v) is 4.50. The largest absolute Gasteiger partial charge is 0.444 e. The molecule has 28 heavy (non-hydrogen) atoms. The number of carbonyl (C=O) groups excluding carboxylic acids is 1. The lowest BCUT2D eigenvalue weighted by atomic mass is 9.79. The van der Waals surface area contributed by atoms with Gasteiger partial charge >= 0.3 is 6.09 Å². The number of halogens is 1. The van der Waals surface area contributed by atoms with Gasteiger partial charge in [0.15, 0.2) is 5.15 Å². The Hall–Kier alpha value is -1.56. The number of anilines is 1. The highest BCUT2D eigenvalue weighted by molar-refractivity contribution is 6.30. The zero-order valence-corrected chi connectivity index (χ0v) is 18.6. The molecule has 7 heteroatoms. The molecule has 3 heterocycles. The lowest BCUT2D eigenvalue weighted by Gasteiger charge is -2.40.